The van der Waals surface area contributed by atoms with Gasteiger partial charge in [-0.3, -0.25) is 4.79 Å². The first-order valence-electron chi connectivity index (χ1n) is 12.2. The van der Waals surface area contributed by atoms with E-state index in [1.54, 1.807) is 0 Å². The largest absolute Gasteiger partial charge is 0.382 e. The van der Waals surface area contributed by atoms with E-state index in [1.807, 2.05) is 51.1 Å². The average molecular weight is 468 g/mol. The highest BCUT2D eigenvalue weighted by molar-refractivity contribution is 6.33. The molecule has 1 saturated heterocycles. The number of nitriles is 1. The van der Waals surface area contributed by atoms with Crippen LogP contribution >= 0.6 is 11.6 Å². The van der Waals surface area contributed by atoms with Gasteiger partial charge in [0.05, 0.1) is 10.6 Å². The quantitative estimate of drug-likeness (QED) is 0.495. The first-order valence-corrected chi connectivity index (χ1v) is 12.6. The summed E-state index contributed by atoms with van der Waals surface area (Å²) in [6, 6.07) is 10.7. The number of hydrogen-bond donors (Lipinski definition) is 2. The fraction of sp³-hybridized carbons (Fsp3) is 0.500. The van der Waals surface area contributed by atoms with Gasteiger partial charge in [-0.2, -0.15) is 5.26 Å². The summed E-state index contributed by atoms with van der Waals surface area (Å²) in [7, 11) is 0. The summed E-state index contributed by atoms with van der Waals surface area (Å²) in [5.41, 5.74) is 4.75. The highest BCUT2D eigenvalue weighted by atomic mass is 35.5. The van der Waals surface area contributed by atoms with Crippen LogP contribution in [0, 0.1) is 24.2 Å². The highest BCUT2D eigenvalue weighted by Gasteiger charge is 2.24. The summed E-state index contributed by atoms with van der Waals surface area (Å²) in [5.74, 6) is 0.895. The molecule has 0 aromatic heterocycles. The molecule has 1 heterocycles. The summed E-state index contributed by atoms with van der Waals surface area (Å²) in [6.45, 7) is 10.4. The number of fused-ring (bicyclic) bond motifs is 1. The lowest BCUT2D eigenvalue weighted by Gasteiger charge is -2.26. The molecule has 33 heavy (non-hydrogen) atoms. The molecule has 1 aliphatic heterocycles. The van der Waals surface area contributed by atoms with Gasteiger partial charge in [-0.15, -0.1) is 0 Å². The third-order valence-corrected chi connectivity index (χ3v) is 6.60. The third-order valence-electron chi connectivity index (χ3n) is 6.17. The summed E-state index contributed by atoms with van der Waals surface area (Å²) < 4.78 is 0. The Morgan fingerprint density at radius 2 is 1.73 bits per heavy atom. The molecule has 0 spiro atoms. The van der Waals surface area contributed by atoms with Crippen molar-refractivity contribution in [3.8, 4) is 6.07 Å². The molecule has 1 atom stereocenters. The predicted molar refractivity (Wildman–Crippen MR) is 138 cm³/mol. The molecule has 5 heteroatoms. The Balaban J connectivity index is 0.000000221. The summed E-state index contributed by atoms with van der Waals surface area (Å²) in [4.78, 5) is 12.0. The van der Waals surface area contributed by atoms with Gasteiger partial charge in [0.15, 0.2) is 0 Å². The minimum absolute atomic E-state index is 0.0737. The summed E-state index contributed by atoms with van der Waals surface area (Å²) >= 11 is 6.16. The maximum absolute atomic E-state index is 12.0. The van der Waals surface area contributed by atoms with E-state index in [2.05, 4.69) is 36.6 Å². The predicted octanol–water partition coefficient (Wildman–Crippen LogP) is 6.93. The van der Waals surface area contributed by atoms with E-state index in [-0.39, 0.29) is 5.91 Å². The molecular weight excluding hydrogens is 430 g/mol. The van der Waals surface area contributed by atoms with Crippen molar-refractivity contribution in [3.05, 3.63) is 69.4 Å². The number of halogens is 1. The SMILES string of the molecule is CC.CC1CC2=C(Cl)C(C#N)=CCC=C2N1.Cc1ccc(C(=O)NC2CCC(C)CC2)cc1. The van der Waals surface area contributed by atoms with Crippen molar-refractivity contribution in [1.82, 2.24) is 10.6 Å². The number of carbonyl (C=O) groups is 1. The Kier molecular flexibility index (Phi) is 10.7. The third kappa shape index (κ3) is 7.79. The molecular formula is C28H38ClN3O. The Bertz CT molecular complexity index is 929. The minimum Gasteiger partial charge on any atom is -0.382 e. The number of hydrogen-bond acceptors (Lipinski definition) is 3. The zero-order valence-electron chi connectivity index (χ0n) is 20.7. The van der Waals surface area contributed by atoms with Crippen LogP contribution in [0.4, 0.5) is 0 Å². The Labute approximate surface area is 204 Å². The molecule has 3 aliphatic rings. The van der Waals surface area contributed by atoms with E-state index in [9.17, 15) is 4.79 Å². The molecule has 1 saturated carbocycles. The lowest BCUT2D eigenvalue weighted by atomic mass is 9.87. The van der Waals surface area contributed by atoms with Gasteiger partial charge in [0.1, 0.15) is 6.07 Å². The van der Waals surface area contributed by atoms with Crippen LogP contribution in [0.2, 0.25) is 0 Å². The number of allylic oxidation sites excluding steroid dienone is 5. The van der Waals surface area contributed by atoms with E-state index in [0.29, 0.717) is 22.7 Å². The Morgan fingerprint density at radius 1 is 1.09 bits per heavy atom. The lowest BCUT2D eigenvalue weighted by Crippen LogP contribution is -2.37. The van der Waals surface area contributed by atoms with Crippen LogP contribution in [0.5, 0.6) is 0 Å². The summed E-state index contributed by atoms with van der Waals surface area (Å²) in [6.07, 6.45) is 10.4. The molecule has 1 amide bonds. The average Bonchev–Trinajstić information content (AvgIpc) is 3.13. The second-order valence-electron chi connectivity index (χ2n) is 8.92. The van der Waals surface area contributed by atoms with Gasteiger partial charge in [0, 0.05) is 23.3 Å². The highest BCUT2D eigenvalue weighted by Crippen LogP contribution is 2.33. The Morgan fingerprint density at radius 3 is 2.33 bits per heavy atom. The molecule has 2 fully saturated rings. The topological polar surface area (TPSA) is 64.9 Å². The molecule has 0 bridgehead atoms. The molecule has 1 aromatic rings. The second kappa shape index (κ2) is 13.3. The molecule has 178 valence electrons. The van der Waals surface area contributed by atoms with Crippen molar-refractivity contribution in [3.63, 3.8) is 0 Å². The zero-order valence-corrected chi connectivity index (χ0v) is 21.4. The van der Waals surface area contributed by atoms with E-state index in [0.717, 1.165) is 48.4 Å². The van der Waals surface area contributed by atoms with Crippen LogP contribution < -0.4 is 10.6 Å². The molecule has 1 aromatic carbocycles. The van der Waals surface area contributed by atoms with E-state index >= 15 is 0 Å². The fourth-order valence-corrected chi connectivity index (χ4v) is 4.53. The van der Waals surface area contributed by atoms with Crippen LogP contribution in [0.15, 0.2) is 58.3 Å². The number of nitrogens with zero attached hydrogens (tertiary/aromatic N) is 1. The zero-order chi connectivity index (χ0) is 24.4. The standard InChI is InChI=1S/C15H21NO.C11H11ClN2.C2H6/c1-11-3-7-13(8-4-11)15(17)16-14-9-5-12(2)6-10-14;1-7-5-9-10(14-7)4-2-3-8(6-13)11(9)12;1-2/h3-4,7-8,12,14H,5-6,9-10H2,1-2H3,(H,16,17);3-4,7,14H,2,5H2,1H3;1-2H3. The van der Waals surface area contributed by atoms with Gasteiger partial charge >= 0.3 is 0 Å². The maximum Gasteiger partial charge on any atom is 0.251 e. The van der Waals surface area contributed by atoms with Crippen LogP contribution in [0.25, 0.3) is 0 Å². The molecule has 4 rings (SSSR count). The first kappa shape index (κ1) is 26.7. The van der Waals surface area contributed by atoms with Crippen molar-refractivity contribution in [2.24, 2.45) is 5.92 Å². The van der Waals surface area contributed by atoms with Gasteiger partial charge in [0.25, 0.3) is 5.91 Å². The number of carbonyl (C=O) groups excluding carboxylic acids is 1. The number of amides is 1. The lowest BCUT2D eigenvalue weighted by molar-refractivity contribution is 0.0923. The molecule has 4 nitrogen and oxygen atoms in total. The van der Waals surface area contributed by atoms with Crippen molar-refractivity contribution >= 4 is 17.5 Å². The van der Waals surface area contributed by atoms with Gasteiger partial charge in [-0.25, -0.2) is 0 Å². The molecule has 2 aliphatic carbocycles. The Hall–Kier alpha value is -2.51. The van der Waals surface area contributed by atoms with Gasteiger partial charge in [-0.1, -0.05) is 62.2 Å². The van der Waals surface area contributed by atoms with Crippen molar-refractivity contribution in [2.45, 2.75) is 85.2 Å². The van der Waals surface area contributed by atoms with E-state index in [4.69, 9.17) is 16.9 Å². The molecule has 2 N–H and O–H groups in total. The number of rotatable bonds is 2. The second-order valence-corrected chi connectivity index (χ2v) is 9.30. The van der Waals surface area contributed by atoms with Crippen LogP contribution in [-0.4, -0.2) is 18.0 Å². The number of nitrogens with one attached hydrogen (secondary N) is 2. The van der Waals surface area contributed by atoms with E-state index < -0.39 is 0 Å². The number of aryl methyl sites for hydroxylation is 1. The maximum atomic E-state index is 12.0. The van der Waals surface area contributed by atoms with Crippen LogP contribution in [-0.2, 0) is 0 Å². The van der Waals surface area contributed by atoms with Crippen molar-refractivity contribution in [1.29, 1.82) is 5.26 Å². The van der Waals surface area contributed by atoms with E-state index in [1.165, 1.54) is 18.4 Å². The minimum atomic E-state index is 0.0737. The molecule has 0 radical (unpaired) electrons. The normalized spacial score (nSPS) is 23.6. The number of benzene rings is 1. The van der Waals surface area contributed by atoms with Gasteiger partial charge in [-0.05, 0) is 76.0 Å². The van der Waals surface area contributed by atoms with Crippen LogP contribution in [0.1, 0.15) is 82.1 Å². The van der Waals surface area contributed by atoms with Crippen molar-refractivity contribution in [2.75, 3.05) is 0 Å². The smallest absolute Gasteiger partial charge is 0.251 e. The van der Waals surface area contributed by atoms with Gasteiger partial charge in [0.2, 0.25) is 0 Å². The first-order chi connectivity index (χ1) is 15.9. The fourth-order valence-electron chi connectivity index (χ4n) is 4.23. The van der Waals surface area contributed by atoms with Crippen molar-refractivity contribution < 1.29 is 4.79 Å². The molecule has 1 unspecified atom stereocenters. The van der Waals surface area contributed by atoms with Gasteiger partial charge < -0.3 is 10.6 Å². The van der Waals surface area contributed by atoms with Crippen LogP contribution in [0.3, 0.4) is 0 Å². The monoisotopic (exact) mass is 467 g/mol. The summed E-state index contributed by atoms with van der Waals surface area (Å²) in [5, 5.41) is 16.0.